The molecule has 120 valence electrons. The summed E-state index contributed by atoms with van der Waals surface area (Å²) in [5.41, 5.74) is 1.37. The Bertz CT molecular complexity index is 630. The summed E-state index contributed by atoms with van der Waals surface area (Å²) in [4.78, 5) is 12.5. The van der Waals surface area contributed by atoms with Gasteiger partial charge in [0.05, 0.1) is 12.3 Å². The van der Waals surface area contributed by atoms with Gasteiger partial charge in [0.25, 0.3) is 5.91 Å². The van der Waals surface area contributed by atoms with E-state index in [1.807, 2.05) is 32.9 Å². The quantitative estimate of drug-likeness (QED) is 0.853. The van der Waals surface area contributed by atoms with Crippen molar-refractivity contribution in [3.05, 3.63) is 41.1 Å². The van der Waals surface area contributed by atoms with Gasteiger partial charge in [0, 0.05) is 20.1 Å². The Hall–Kier alpha value is -2.08. The first-order chi connectivity index (χ1) is 10.6. The van der Waals surface area contributed by atoms with Crippen molar-refractivity contribution in [2.45, 2.75) is 39.8 Å². The van der Waals surface area contributed by atoms with Crippen molar-refractivity contribution in [2.24, 2.45) is 0 Å². The number of aryl methyl sites for hydroxylation is 3. The van der Waals surface area contributed by atoms with Gasteiger partial charge in [-0.3, -0.25) is 9.48 Å². The first-order valence-corrected chi connectivity index (χ1v) is 7.51. The largest absolute Gasteiger partial charge is 0.464 e. The van der Waals surface area contributed by atoms with Gasteiger partial charge >= 0.3 is 0 Å². The van der Waals surface area contributed by atoms with E-state index in [0.717, 1.165) is 17.9 Å². The van der Waals surface area contributed by atoms with Crippen LogP contribution in [0.2, 0.25) is 0 Å². The summed E-state index contributed by atoms with van der Waals surface area (Å²) in [6.45, 7) is 6.84. The van der Waals surface area contributed by atoms with Gasteiger partial charge in [-0.15, -0.1) is 0 Å². The van der Waals surface area contributed by atoms with E-state index >= 15 is 0 Å². The molecule has 0 aliphatic heterocycles. The van der Waals surface area contributed by atoms with Gasteiger partial charge in [0.15, 0.2) is 0 Å². The number of hydrogen-bond acceptors (Lipinski definition) is 4. The smallest absolute Gasteiger partial charge is 0.270 e. The highest BCUT2D eigenvalue weighted by Crippen LogP contribution is 2.18. The Morgan fingerprint density at radius 1 is 1.45 bits per heavy atom. The topological polar surface area (TPSA) is 69.3 Å². The number of nitrogens with one attached hydrogen (secondary N) is 1. The van der Waals surface area contributed by atoms with Crippen LogP contribution in [-0.2, 0) is 17.7 Å². The molecule has 6 heteroatoms. The summed E-state index contributed by atoms with van der Waals surface area (Å²) in [6.07, 6.45) is 0.815. The summed E-state index contributed by atoms with van der Waals surface area (Å²) >= 11 is 0. The van der Waals surface area contributed by atoms with Crippen LogP contribution in [0.3, 0.4) is 0 Å². The molecular formula is C16H23N3O3. The second kappa shape index (κ2) is 7.26. The van der Waals surface area contributed by atoms with E-state index in [1.165, 1.54) is 0 Å². The minimum atomic E-state index is -0.321. The summed E-state index contributed by atoms with van der Waals surface area (Å²) < 4.78 is 12.6. The number of aromatic nitrogens is 2. The number of furan rings is 1. The molecule has 2 heterocycles. The molecule has 2 aromatic heterocycles. The van der Waals surface area contributed by atoms with E-state index in [2.05, 4.69) is 10.4 Å². The third kappa shape index (κ3) is 3.57. The molecule has 2 rings (SSSR count). The number of ether oxygens (including phenoxy) is 1. The van der Waals surface area contributed by atoms with E-state index in [9.17, 15) is 4.79 Å². The molecule has 0 saturated heterocycles. The molecule has 2 aromatic rings. The normalized spacial score (nSPS) is 12.4. The number of rotatable bonds is 7. The maximum absolute atomic E-state index is 12.5. The van der Waals surface area contributed by atoms with E-state index in [4.69, 9.17) is 9.15 Å². The van der Waals surface area contributed by atoms with Gasteiger partial charge in [-0.05, 0) is 32.0 Å². The number of carbonyl (C=O) groups is 1. The predicted molar refractivity (Wildman–Crippen MR) is 82.8 cm³/mol. The maximum atomic E-state index is 12.5. The molecule has 0 aliphatic carbocycles. The van der Waals surface area contributed by atoms with E-state index < -0.39 is 0 Å². The fraction of sp³-hybridized carbons (Fsp3) is 0.500. The van der Waals surface area contributed by atoms with Gasteiger partial charge in [-0.25, -0.2) is 0 Å². The summed E-state index contributed by atoms with van der Waals surface area (Å²) in [5, 5.41) is 7.25. The molecule has 1 N–H and O–H groups in total. The number of nitrogens with zero attached hydrogens (tertiary/aromatic N) is 2. The molecule has 1 amide bonds. The lowest BCUT2D eigenvalue weighted by Gasteiger charge is -2.16. The number of methoxy groups -OCH3 is 1. The molecule has 0 aliphatic rings. The van der Waals surface area contributed by atoms with Crippen molar-refractivity contribution >= 4 is 5.91 Å². The SMILES string of the molecule is CCc1ccc(C(COC)NC(=O)c2cc(C)nn2CC)o1. The fourth-order valence-corrected chi connectivity index (χ4v) is 2.33. The number of hydrogen-bond donors (Lipinski definition) is 1. The minimum Gasteiger partial charge on any atom is -0.464 e. The van der Waals surface area contributed by atoms with Crippen LogP contribution in [0.5, 0.6) is 0 Å². The number of amides is 1. The highest BCUT2D eigenvalue weighted by molar-refractivity contribution is 5.92. The maximum Gasteiger partial charge on any atom is 0.270 e. The Labute approximate surface area is 130 Å². The molecule has 1 unspecified atom stereocenters. The van der Waals surface area contributed by atoms with Gasteiger partial charge in [-0.1, -0.05) is 6.92 Å². The summed E-state index contributed by atoms with van der Waals surface area (Å²) in [5.74, 6) is 1.41. The van der Waals surface area contributed by atoms with E-state index in [0.29, 0.717) is 24.6 Å². The monoisotopic (exact) mass is 305 g/mol. The first-order valence-electron chi connectivity index (χ1n) is 7.51. The zero-order valence-corrected chi connectivity index (χ0v) is 13.5. The average Bonchev–Trinajstić information content (AvgIpc) is 3.12. The molecule has 0 saturated carbocycles. The summed E-state index contributed by atoms with van der Waals surface area (Å²) in [6, 6.07) is 5.26. The van der Waals surface area contributed by atoms with Crippen LogP contribution in [0.4, 0.5) is 0 Å². The summed E-state index contributed by atoms with van der Waals surface area (Å²) in [7, 11) is 1.60. The molecule has 6 nitrogen and oxygen atoms in total. The van der Waals surface area contributed by atoms with E-state index in [-0.39, 0.29) is 11.9 Å². The van der Waals surface area contributed by atoms with Crippen LogP contribution in [0.25, 0.3) is 0 Å². The molecule has 0 aromatic carbocycles. The van der Waals surface area contributed by atoms with Gasteiger partial charge in [0.1, 0.15) is 23.3 Å². The molecule has 1 atom stereocenters. The Balaban J connectivity index is 2.17. The lowest BCUT2D eigenvalue weighted by molar-refractivity contribution is 0.0871. The number of carbonyl (C=O) groups excluding carboxylic acids is 1. The van der Waals surface area contributed by atoms with Crippen LogP contribution >= 0.6 is 0 Å². The minimum absolute atomic E-state index is 0.182. The van der Waals surface area contributed by atoms with Crippen LogP contribution in [0.15, 0.2) is 22.6 Å². The molecule has 22 heavy (non-hydrogen) atoms. The van der Waals surface area contributed by atoms with Crippen molar-refractivity contribution in [3.8, 4) is 0 Å². The Morgan fingerprint density at radius 2 is 2.23 bits per heavy atom. The Kier molecular flexibility index (Phi) is 5.38. The van der Waals surface area contributed by atoms with Crippen LogP contribution in [-0.4, -0.2) is 29.4 Å². The molecule has 0 bridgehead atoms. The van der Waals surface area contributed by atoms with Gasteiger partial charge in [-0.2, -0.15) is 5.10 Å². The van der Waals surface area contributed by atoms with Crippen molar-refractivity contribution in [1.29, 1.82) is 0 Å². The zero-order valence-electron chi connectivity index (χ0n) is 13.5. The first kappa shape index (κ1) is 16.3. The fourth-order valence-electron chi connectivity index (χ4n) is 2.33. The predicted octanol–water partition coefficient (Wildman–Crippen LogP) is 2.48. The van der Waals surface area contributed by atoms with Crippen LogP contribution in [0.1, 0.15) is 47.6 Å². The van der Waals surface area contributed by atoms with Gasteiger partial charge < -0.3 is 14.5 Å². The van der Waals surface area contributed by atoms with Crippen molar-refractivity contribution in [1.82, 2.24) is 15.1 Å². The lowest BCUT2D eigenvalue weighted by Crippen LogP contribution is -2.32. The third-order valence-electron chi connectivity index (χ3n) is 3.45. The standard InChI is InChI=1S/C16H23N3O3/c1-5-12-7-8-15(22-12)13(10-21-4)17-16(20)14-9-11(3)18-19(14)6-2/h7-9,13H,5-6,10H2,1-4H3,(H,17,20). The van der Waals surface area contributed by atoms with Crippen molar-refractivity contribution in [2.75, 3.05) is 13.7 Å². The molecule has 0 fully saturated rings. The molecular weight excluding hydrogens is 282 g/mol. The third-order valence-corrected chi connectivity index (χ3v) is 3.45. The Morgan fingerprint density at radius 3 is 2.82 bits per heavy atom. The highest BCUT2D eigenvalue weighted by Gasteiger charge is 2.21. The molecule has 0 radical (unpaired) electrons. The van der Waals surface area contributed by atoms with Gasteiger partial charge in [0.2, 0.25) is 0 Å². The van der Waals surface area contributed by atoms with Crippen molar-refractivity contribution in [3.63, 3.8) is 0 Å². The van der Waals surface area contributed by atoms with E-state index in [1.54, 1.807) is 17.9 Å². The molecule has 0 spiro atoms. The highest BCUT2D eigenvalue weighted by atomic mass is 16.5. The average molecular weight is 305 g/mol. The van der Waals surface area contributed by atoms with Crippen LogP contribution < -0.4 is 5.32 Å². The van der Waals surface area contributed by atoms with Crippen molar-refractivity contribution < 1.29 is 13.9 Å². The second-order valence-corrected chi connectivity index (χ2v) is 5.13. The lowest BCUT2D eigenvalue weighted by atomic mass is 10.2. The van der Waals surface area contributed by atoms with Crippen LogP contribution in [0, 0.1) is 6.92 Å². The zero-order chi connectivity index (χ0) is 16.1. The second-order valence-electron chi connectivity index (χ2n) is 5.13.